The van der Waals surface area contributed by atoms with Gasteiger partial charge >= 0.3 is 0 Å². The maximum Gasteiger partial charge on any atom is 0.278 e. The van der Waals surface area contributed by atoms with Crippen LogP contribution in [0.4, 0.5) is 18.9 Å². The van der Waals surface area contributed by atoms with Crippen molar-refractivity contribution in [1.29, 1.82) is 0 Å². The molecule has 0 unspecified atom stereocenters. The molecule has 2 aromatic heterocycles. The molecule has 2 amide bonds. The third kappa shape index (κ3) is 5.96. The summed E-state index contributed by atoms with van der Waals surface area (Å²) in [5, 5.41) is 2.74. The molecule has 7 nitrogen and oxygen atoms in total. The lowest BCUT2D eigenvalue weighted by atomic mass is 9.92. The molecule has 1 aliphatic rings. The van der Waals surface area contributed by atoms with Crippen molar-refractivity contribution in [1.82, 2.24) is 20.3 Å². The molecule has 1 saturated carbocycles. The first-order valence-electron chi connectivity index (χ1n) is 10.8. The van der Waals surface area contributed by atoms with Gasteiger partial charge in [0.05, 0.1) is 10.4 Å². The van der Waals surface area contributed by atoms with E-state index in [4.69, 9.17) is 11.6 Å². The maximum atomic E-state index is 14.1. The maximum absolute atomic E-state index is 14.1. The van der Waals surface area contributed by atoms with E-state index in [-0.39, 0.29) is 36.9 Å². The van der Waals surface area contributed by atoms with Gasteiger partial charge in [0, 0.05) is 48.7 Å². The fraction of sp³-hybridized carbons (Fsp3) is 0.348. The number of carbonyl (C=O) groups is 2. The van der Waals surface area contributed by atoms with Crippen LogP contribution in [-0.4, -0.2) is 44.4 Å². The van der Waals surface area contributed by atoms with Gasteiger partial charge in [0.2, 0.25) is 11.8 Å². The van der Waals surface area contributed by atoms with Gasteiger partial charge in [-0.05, 0) is 30.5 Å². The fourth-order valence-corrected chi connectivity index (χ4v) is 4.72. The van der Waals surface area contributed by atoms with Gasteiger partial charge in [-0.15, -0.1) is 11.3 Å². The number of hydrogen-bond donors (Lipinski definition) is 1. The summed E-state index contributed by atoms with van der Waals surface area (Å²) in [6, 6.07) is 4.66. The molecule has 0 bridgehead atoms. The highest BCUT2D eigenvalue weighted by atomic mass is 35.5. The van der Waals surface area contributed by atoms with Crippen LogP contribution in [0.5, 0.6) is 0 Å². The molecule has 3 aromatic rings. The molecule has 0 radical (unpaired) electrons. The van der Waals surface area contributed by atoms with Crippen LogP contribution in [0.1, 0.15) is 37.3 Å². The summed E-state index contributed by atoms with van der Waals surface area (Å²) in [5.41, 5.74) is 0.494. The van der Waals surface area contributed by atoms with Crippen LogP contribution in [0.25, 0.3) is 10.4 Å². The fourth-order valence-electron chi connectivity index (χ4n) is 3.99. The second-order valence-electron chi connectivity index (χ2n) is 8.13. The Kier molecular flexibility index (Phi) is 7.66. The standard InChI is InChI=1S/C23H21ClF3N5O2S/c24-20(25)22(34)32(17-3-1-14(2-4-17)18-11-30-13-35-18)19(15-9-28-12-29-10-15)21(33)31-16-5-7-23(26,27)8-6-16/h1-4,9-13,16,19-20H,5-8H2,(H,31,33)/t19-,20-/m1/s1. The average molecular weight is 524 g/mol. The van der Waals surface area contributed by atoms with E-state index in [0.717, 1.165) is 15.3 Å². The topological polar surface area (TPSA) is 88.1 Å². The predicted octanol–water partition coefficient (Wildman–Crippen LogP) is 4.90. The van der Waals surface area contributed by atoms with E-state index < -0.39 is 35.5 Å². The summed E-state index contributed by atoms with van der Waals surface area (Å²) < 4.78 is 41.3. The Balaban J connectivity index is 1.68. The van der Waals surface area contributed by atoms with Gasteiger partial charge in [0.1, 0.15) is 12.4 Å². The molecule has 35 heavy (non-hydrogen) atoms. The van der Waals surface area contributed by atoms with E-state index in [1.54, 1.807) is 36.0 Å². The zero-order valence-electron chi connectivity index (χ0n) is 18.3. The summed E-state index contributed by atoms with van der Waals surface area (Å²) in [5.74, 6) is -4.60. The molecule has 1 aliphatic carbocycles. The number of thiazole rings is 1. The highest BCUT2D eigenvalue weighted by Crippen LogP contribution is 2.35. The lowest BCUT2D eigenvalue weighted by Gasteiger charge is -2.34. The number of alkyl halides is 4. The quantitative estimate of drug-likeness (QED) is 0.445. The summed E-state index contributed by atoms with van der Waals surface area (Å²) in [4.78, 5) is 40.1. The van der Waals surface area contributed by atoms with Crippen molar-refractivity contribution in [2.24, 2.45) is 0 Å². The summed E-state index contributed by atoms with van der Waals surface area (Å²) in [6.07, 6.45) is 5.05. The number of amides is 2. The number of nitrogens with zero attached hydrogens (tertiary/aromatic N) is 4. The van der Waals surface area contributed by atoms with Crippen LogP contribution in [-0.2, 0) is 9.59 Å². The first-order valence-corrected chi connectivity index (χ1v) is 12.1. The number of benzene rings is 1. The van der Waals surface area contributed by atoms with Crippen molar-refractivity contribution in [3.05, 3.63) is 60.3 Å². The predicted molar refractivity (Wildman–Crippen MR) is 126 cm³/mol. The molecule has 2 atom stereocenters. The van der Waals surface area contributed by atoms with E-state index >= 15 is 0 Å². The zero-order valence-corrected chi connectivity index (χ0v) is 19.9. The van der Waals surface area contributed by atoms with Crippen LogP contribution in [0, 0.1) is 0 Å². The minimum Gasteiger partial charge on any atom is -0.351 e. The van der Waals surface area contributed by atoms with Crippen molar-refractivity contribution in [2.45, 2.75) is 49.3 Å². The van der Waals surface area contributed by atoms with E-state index in [9.17, 15) is 22.8 Å². The van der Waals surface area contributed by atoms with Crippen molar-refractivity contribution in [2.75, 3.05) is 4.90 Å². The molecule has 2 heterocycles. The van der Waals surface area contributed by atoms with Crippen molar-refractivity contribution in [3.63, 3.8) is 0 Å². The highest BCUT2D eigenvalue weighted by molar-refractivity contribution is 7.13. The molecule has 0 spiro atoms. The lowest BCUT2D eigenvalue weighted by molar-refractivity contribution is -0.128. The molecule has 1 aromatic carbocycles. The van der Waals surface area contributed by atoms with E-state index in [1.807, 2.05) is 0 Å². The summed E-state index contributed by atoms with van der Waals surface area (Å²) in [7, 11) is 0. The Hall–Kier alpha value is -3.05. The third-order valence-corrected chi connectivity index (χ3v) is 6.76. The van der Waals surface area contributed by atoms with Crippen molar-refractivity contribution >= 4 is 40.4 Å². The molecule has 1 fully saturated rings. The van der Waals surface area contributed by atoms with Crippen LogP contribution < -0.4 is 10.2 Å². The minimum atomic E-state index is -2.77. The Morgan fingerprint density at radius 1 is 1.09 bits per heavy atom. The number of anilines is 1. The summed E-state index contributed by atoms with van der Waals surface area (Å²) in [6.45, 7) is 0. The van der Waals surface area contributed by atoms with Crippen LogP contribution in [0.2, 0.25) is 0 Å². The van der Waals surface area contributed by atoms with Gasteiger partial charge in [-0.3, -0.25) is 19.5 Å². The first kappa shape index (κ1) is 25.1. The molecular formula is C23H21ClF3N5O2S. The largest absolute Gasteiger partial charge is 0.351 e. The van der Waals surface area contributed by atoms with Crippen molar-refractivity contribution in [3.8, 4) is 10.4 Å². The van der Waals surface area contributed by atoms with E-state index in [0.29, 0.717) is 0 Å². The number of carbonyl (C=O) groups excluding carboxylic acids is 2. The first-order chi connectivity index (χ1) is 16.7. The Morgan fingerprint density at radius 2 is 1.74 bits per heavy atom. The van der Waals surface area contributed by atoms with Crippen LogP contribution in [0.15, 0.2) is 54.7 Å². The second kappa shape index (κ2) is 10.7. The lowest BCUT2D eigenvalue weighted by Crippen LogP contribution is -2.49. The molecule has 184 valence electrons. The third-order valence-electron chi connectivity index (χ3n) is 5.75. The van der Waals surface area contributed by atoms with Gasteiger partial charge in [-0.25, -0.2) is 23.1 Å². The monoisotopic (exact) mass is 523 g/mol. The Labute approximate surface area is 208 Å². The normalized spacial score (nSPS) is 17.4. The van der Waals surface area contributed by atoms with Crippen molar-refractivity contribution < 1.29 is 22.8 Å². The van der Waals surface area contributed by atoms with Gasteiger partial charge in [0.15, 0.2) is 0 Å². The van der Waals surface area contributed by atoms with E-state index in [2.05, 4.69) is 20.3 Å². The molecule has 12 heteroatoms. The van der Waals surface area contributed by atoms with Gasteiger partial charge in [-0.1, -0.05) is 23.7 Å². The zero-order chi connectivity index (χ0) is 25.0. The van der Waals surface area contributed by atoms with Gasteiger partial charge < -0.3 is 5.32 Å². The minimum absolute atomic E-state index is 0.0789. The number of hydrogen-bond acceptors (Lipinski definition) is 6. The smallest absolute Gasteiger partial charge is 0.278 e. The van der Waals surface area contributed by atoms with Crippen LogP contribution in [0.3, 0.4) is 0 Å². The number of halogens is 4. The van der Waals surface area contributed by atoms with Crippen LogP contribution >= 0.6 is 22.9 Å². The molecule has 1 N–H and O–H groups in total. The number of aromatic nitrogens is 3. The SMILES string of the molecule is O=C(NC1CCC(F)(F)CC1)[C@@H](c1cncnc1)N(C(=O)[C@@H](F)Cl)c1ccc(-c2cncs2)cc1. The summed E-state index contributed by atoms with van der Waals surface area (Å²) >= 11 is 6.96. The molecule has 4 rings (SSSR count). The Morgan fingerprint density at radius 3 is 2.31 bits per heavy atom. The molecular weight excluding hydrogens is 503 g/mol. The molecule has 0 saturated heterocycles. The second-order valence-corrected chi connectivity index (χ2v) is 9.40. The molecule has 0 aliphatic heterocycles. The Bertz CT molecular complexity index is 1140. The van der Waals surface area contributed by atoms with Gasteiger partial charge in [0.25, 0.3) is 11.5 Å². The van der Waals surface area contributed by atoms with Gasteiger partial charge in [-0.2, -0.15) is 0 Å². The number of nitrogens with one attached hydrogen (secondary N) is 1. The number of rotatable bonds is 7. The average Bonchev–Trinajstić information content (AvgIpc) is 3.39. The highest BCUT2D eigenvalue weighted by Gasteiger charge is 2.39. The van der Waals surface area contributed by atoms with E-state index in [1.165, 1.54) is 30.1 Å².